The molecule has 1 saturated carbocycles. The van der Waals surface area contributed by atoms with Crippen molar-refractivity contribution in [2.75, 3.05) is 0 Å². The van der Waals surface area contributed by atoms with Gasteiger partial charge in [0, 0.05) is 10.5 Å². The number of hydrogen-bond acceptors (Lipinski definition) is 2. The monoisotopic (exact) mass is 377 g/mol. The number of sulfonamides is 1. The zero-order valence-corrected chi connectivity index (χ0v) is 14.5. The Morgan fingerprint density at radius 2 is 1.95 bits per heavy atom. The molecule has 0 unspecified atom stereocenters. The molecular weight excluding hydrogens is 357 g/mol. The molecular formula is C15H21BrFNO2S. The molecule has 1 fully saturated rings. The summed E-state index contributed by atoms with van der Waals surface area (Å²) < 4.78 is 41.5. The summed E-state index contributed by atoms with van der Waals surface area (Å²) >= 11 is 3.13. The van der Waals surface area contributed by atoms with Crippen LogP contribution in [0.25, 0.3) is 0 Å². The zero-order valence-electron chi connectivity index (χ0n) is 12.1. The Kier molecular flexibility index (Phi) is 5.80. The molecule has 0 heterocycles. The second kappa shape index (κ2) is 7.20. The van der Waals surface area contributed by atoms with Crippen LogP contribution >= 0.6 is 15.9 Å². The molecule has 0 aliphatic heterocycles. The van der Waals surface area contributed by atoms with Gasteiger partial charge in [-0.15, -0.1) is 0 Å². The van der Waals surface area contributed by atoms with Crippen LogP contribution in [0.5, 0.6) is 0 Å². The van der Waals surface area contributed by atoms with E-state index in [0.29, 0.717) is 10.4 Å². The number of benzene rings is 1. The molecule has 6 heteroatoms. The summed E-state index contributed by atoms with van der Waals surface area (Å²) in [5.41, 5.74) is 0. The highest BCUT2D eigenvalue weighted by atomic mass is 79.9. The molecule has 1 N–H and O–H groups in total. The third kappa shape index (κ3) is 4.50. The van der Waals surface area contributed by atoms with Crippen molar-refractivity contribution in [2.45, 2.75) is 56.4 Å². The highest BCUT2D eigenvalue weighted by Crippen LogP contribution is 2.29. The second-order valence-corrected chi connectivity index (χ2v) is 8.30. The Morgan fingerprint density at radius 3 is 2.52 bits per heavy atom. The van der Waals surface area contributed by atoms with E-state index in [1.807, 2.05) is 0 Å². The maximum Gasteiger partial charge on any atom is 0.243 e. The minimum atomic E-state index is -3.78. The fourth-order valence-electron chi connectivity index (χ4n) is 2.95. The van der Waals surface area contributed by atoms with Gasteiger partial charge in [-0.1, -0.05) is 35.7 Å². The van der Waals surface area contributed by atoms with Crippen LogP contribution in [-0.4, -0.2) is 14.5 Å². The van der Waals surface area contributed by atoms with E-state index >= 15 is 0 Å². The lowest BCUT2D eigenvalue weighted by molar-refractivity contribution is 0.297. The molecule has 0 spiro atoms. The van der Waals surface area contributed by atoms with Crippen molar-refractivity contribution < 1.29 is 12.8 Å². The van der Waals surface area contributed by atoms with E-state index in [0.717, 1.165) is 25.7 Å². The zero-order chi connectivity index (χ0) is 15.5. The lowest BCUT2D eigenvalue weighted by Crippen LogP contribution is -2.37. The maximum absolute atomic E-state index is 13.8. The molecule has 0 aromatic heterocycles. The molecule has 2 rings (SSSR count). The first-order valence-corrected chi connectivity index (χ1v) is 9.67. The Labute approximate surface area is 134 Å². The number of hydrogen-bond donors (Lipinski definition) is 1. The van der Waals surface area contributed by atoms with Crippen LogP contribution in [0.2, 0.25) is 0 Å². The topological polar surface area (TPSA) is 46.2 Å². The van der Waals surface area contributed by atoms with Crippen LogP contribution in [0.3, 0.4) is 0 Å². The van der Waals surface area contributed by atoms with Gasteiger partial charge in [0.2, 0.25) is 10.0 Å². The van der Waals surface area contributed by atoms with Crippen LogP contribution in [0.1, 0.15) is 45.4 Å². The molecule has 1 aliphatic carbocycles. The molecule has 1 aromatic rings. The minimum Gasteiger partial charge on any atom is -0.208 e. The van der Waals surface area contributed by atoms with Crippen molar-refractivity contribution >= 4 is 26.0 Å². The van der Waals surface area contributed by atoms with Gasteiger partial charge < -0.3 is 0 Å². The normalized spacial score (nSPS) is 23.2. The highest BCUT2D eigenvalue weighted by Gasteiger charge is 2.27. The van der Waals surface area contributed by atoms with Crippen LogP contribution in [0, 0.1) is 11.7 Å². The fraction of sp³-hybridized carbons (Fsp3) is 0.600. The van der Waals surface area contributed by atoms with Gasteiger partial charge in [0.25, 0.3) is 0 Å². The van der Waals surface area contributed by atoms with Gasteiger partial charge in [-0.3, -0.25) is 0 Å². The molecule has 0 bridgehead atoms. The molecule has 0 amide bonds. The van der Waals surface area contributed by atoms with Gasteiger partial charge in [-0.05, 0) is 49.8 Å². The Balaban J connectivity index is 2.02. The maximum atomic E-state index is 13.8. The summed E-state index contributed by atoms with van der Waals surface area (Å²) in [5.74, 6) is -0.0169. The average Bonchev–Trinajstić information content (AvgIpc) is 2.40. The first-order valence-electron chi connectivity index (χ1n) is 7.39. The van der Waals surface area contributed by atoms with E-state index in [9.17, 15) is 12.8 Å². The lowest BCUT2D eigenvalue weighted by Gasteiger charge is -2.28. The summed E-state index contributed by atoms with van der Waals surface area (Å²) in [7, 11) is -3.78. The van der Waals surface area contributed by atoms with Gasteiger partial charge in [0.15, 0.2) is 0 Å². The Bertz CT molecular complexity index is 583. The van der Waals surface area contributed by atoms with E-state index in [4.69, 9.17) is 0 Å². The summed E-state index contributed by atoms with van der Waals surface area (Å²) in [6, 6.07) is 3.93. The van der Waals surface area contributed by atoms with Crippen LogP contribution in [0.4, 0.5) is 4.39 Å². The van der Waals surface area contributed by atoms with Crippen LogP contribution < -0.4 is 4.72 Å². The van der Waals surface area contributed by atoms with Crippen LogP contribution in [-0.2, 0) is 10.0 Å². The quantitative estimate of drug-likeness (QED) is 0.834. The molecule has 3 nitrogen and oxygen atoms in total. The molecule has 0 saturated heterocycles. The molecule has 1 aromatic carbocycles. The van der Waals surface area contributed by atoms with E-state index in [1.54, 1.807) is 0 Å². The predicted molar refractivity (Wildman–Crippen MR) is 85.1 cm³/mol. The van der Waals surface area contributed by atoms with Gasteiger partial charge >= 0.3 is 0 Å². The second-order valence-electron chi connectivity index (χ2n) is 5.70. The molecule has 1 aliphatic rings. The standard InChI is InChI=1S/C15H21BrFNO2S/c1-2-3-11-4-7-13(8-5-11)18-21(19,20)15-9-6-12(16)10-14(15)17/h6,9-11,13,18H,2-5,7-8H2,1H3. The van der Waals surface area contributed by atoms with Gasteiger partial charge in [-0.2, -0.15) is 0 Å². The fourth-order valence-corrected chi connectivity index (χ4v) is 4.65. The molecule has 118 valence electrons. The highest BCUT2D eigenvalue weighted by molar-refractivity contribution is 9.10. The van der Waals surface area contributed by atoms with E-state index < -0.39 is 15.8 Å². The average molecular weight is 378 g/mol. The number of rotatable bonds is 5. The summed E-state index contributed by atoms with van der Waals surface area (Å²) in [5, 5.41) is 0. The largest absolute Gasteiger partial charge is 0.243 e. The smallest absolute Gasteiger partial charge is 0.208 e. The molecule has 0 atom stereocenters. The first kappa shape index (κ1) is 16.9. The number of halogens is 2. The van der Waals surface area contributed by atoms with E-state index in [2.05, 4.69) is 27.6 Å². The van der Waals surface area contributed by atoms with Gasteiger partial charge in [0.05, 0.1) is 0 Å². The first-order chi connectivity index (χ1) is 9.92. The van der Waals surface area contributed by atoms with Crippen molar-refractivity contribution in [3.8, 4) is 0 Å². The third-order valence-electron chi connectivity index (χ3n) is 4.05. The summed E-state index contributed by atoms with van der Waals surface area (Å²) in [6.45, 7) is 2.17. The van der Waals surface area contributed by atoms with Gasteiger partial charge in [-0.25, -0.2) is 17.5 Å². The Morgan fingerprint density at radius 1 is 1.29 bits per heavy atom. The molecule has 21 heavy (non-hydrogen) atoms. The molecule has 0 radical (unpaired) electrons. The SMILES string of the molecule is CCCC1CCC(NS(=O)(=O)c2ccc(Br)cc2F)CC1. The minimum absolute atomic E-state index is 0.0776. The van der Waals surface area contributed by atoms with E-state index in [1.165, 1.54) is 31.0 Å². The van der Waals surface area contributed by atoms with Crippen molar-refractivity contribution in [1.82, 2.24) is 4.72 Å². The van der Waals surface area contributed by atoms with Crippen molar-refractivity contribution in [1.29, 1.82) is 0 Å². The predicted octanol–water partition coefficient (Wildman–Crippen LogP) is 4.23. The lowest BCUT2D eigenvalue weighted by atomic mass is 9.84. The Hall–Kier alpha value is -0.460. The van der Waals surface area contributed by atoms with E-state index in [-0.39, 0.29) is 10.9 Å². The van der Waals surface area contributed by atoms with Gasteiger partial charge in [0.1, 0.15) is 10.7 Å². The third-order valence-corrected chi connectivity index (χ3v) is 6.10. The summed E-state index contributed by atoms with van der Waals surface area (Å²) in [6.07, 6.45) is 6.14. The van der Waals surface area contributed by atoms with Crippen molar-refractivity contribution in [3.05, 3.63) is 28.5 Å². The number of nitrogens with one attached hydrogen (secondary N) is 1. The van der Waals surface area contributed by atoms with Crippen molar-refractivity contribution in [2.24, 2.45) is 5.92 Å². The summed E-state index contributed by atoms with van der Waals surface area (Å²) in [4.78, 5) is -0.276. The van der Waals surface area contributed by atoms with Crippen LogP contribution in [0.15, 0.2) is 27.6 Å². The van der Waals surface area contributed by atoms with Crippen molar-refractivity contribution in [3.63, 3.8) is 0 Å².